The monoisotopic (exact) mass is 429 g/mol. The number of likely N-dealkylation sites (tertiary alicyclic amines) is 1. The number of nitrogens with zero attached hydrogens (tertiary/aromatic N) is 3. The molecule has 1 saturated heterocycles. The van der Waals surface area contributed by atoms with E-state index in [0.29, 0.717) is 5.92 Å². The first kappa shape index (κ1) is 20.9. The maximum Gasteiger partial charge on any atom is 0.247 e. The number of nitrogens with two attached hydrogens (primary N) is 2. The zero-order chi connectivity index (χ0) is 21.4. The van der Waals surface area contributed by atoms with E-state index in [4.69, 9.17) is 21.3 Å². The molecule has 4 N–H and O–H groups in total. The number of ether oxygens (including phenoxy) is 1. The van der Waals surface area contributed by atoms with Crippen molar-refractivity contribution in [1.82, 2.24) is 14.9 Å². The Balaban J connectivity index is 1.58. The lowest BCUT2D eigenvalue weighted by atomic mass is 10.0. The molecule has 1 aromatic heterocycles. The van der Waals surface area contributed by atoms with Crippen molar-refractivity contribution in [2.24, 2.45) is 23.4 Å². The molecular weight excluding hydrogens is 398 g/mol. The molecule has 2 heterocycles. The predicted octanol–water partition coefficient (Wildman–Crippen LogP) is 3.38. The molecule has 2 aromatic rings. The topological polar surface area (TPSA) is 97.7 Å². The highest BCUT2D eigenvalue weighted by atomic mass is 32.1. The maximum absolute atomic E-state index is 13.6. The molecule has 0 bridgehead atoms. The van der Waals surface area contributed by atoms with E-state index in [0.717, 1.165) is 58.9 Å². The maximum atomic E-state index is 13.6. The van der Waals surface area contributed by atoms with Crippen LogP contribution in [-0.4, -0.2) is 40.5 Å². The van der Waals surface area contributed by atoms with Crippen LogP contribution in [-0.2, 0) is 4.79 Å². The van der Waals surface area contributed by atoms with Crippen LogP contribution in [0.4, 0.5) is 0 Å². The van der Waals surface area contributed by atoms with Gasteiger partial charge in [-0.25, -0.2) is 10.8 Å². The smallest absolute Gasteiger partial charge is 0.247 e. The molecule has 2 atom stereocenters. The molecular formula is C22H31N5O2S. The Bertz CT molecular complexity index is 952. The number of hydrogen-bond acceptors (Lipinski definition) is 7. The quantitative estimate of drug-likeness (QED) is 0.517. The molecule has 0 radical (unpaired) electrons. The average Bonchev–Trinajstić information content (AvgIpc) is 3.30. The molecule has 8 heteroatoms. The number of carbonyl (C=O) groups excluding carboxylic acids is 1. The van der Waals surface area contributed by atoms with Gasteiger partial charge in [-0.15, -0.1) is 11.3 Å². The Hall–Kier alpha value is -2.32. The lowest BCUT2D eigenvalue weighted by Gasteiger charge is -2.34. The van der Waals surface area contributed by atoms with Gasteiger partial charge < -0.3 is 20.4 Å². The van der Waals surface area contributed by atoms with E-state index in [1.807, 2.05) is 36.9 Å². The van der Waals surface area contributed by atoms with Gasteiger partial charge in [0, 0.05) is 30.4 Å². The Morgan fingerprint density at radius 3 is 2.80 bits per heavy atom. The van der Waals surface area contributed by atoms with Crippen LogP contribution in [0.1, 0.15) is 50.6 Å². The number of carbonyl (C=O) groups is 1. The van der Waals surface area contributed by atoms with Gasteiger partial charge in [0.1, 0.15) is 16.8 Å². The summed E-state index contributed by atoms with van der Waals surface area (Å²) >= 11 is 1.65. The molecule has 4 rings (SSSR count). The normalized spacial score (nSPS) is 20.8. The minimum absolute atomic E-state index is 0.0136. The second-order valence-electron chi connectivity index (χ2n) is 8.61. The highest BCUT2D eigenvalue weighted by molar-refractivity contribution is 7.18. The van der Waals surface area contributed by atoms with E-state index in [2.05, 4.69) is 0 Å². The summed E-state index contributed by atoms with van der Waals surface area (Å²) in [4.78, 5) is 20.4. The van der Waals surface area contributed by atoms with Gasteiger partial charge >= 0.3 is 0 Å². The van der Waals surface area contributed by atoms with Gasteiger partial charge in [-0.3, -0.25) is 4.79 Å². The summed E-state index contributed by atoms with van der Waals surface area (Å²) in [5.41, 5.74) is 7.84. The van der Waals surface area contributed by atoms with Crippen LogP contribution in [0.5, 0.6) is 5.75 Å². The summed E-state index contributed by atoms with van der Waals surface area (Å²) in [6.45, 7) is 4.78. The van der Waals surface area contributed by atoms with Crippen molar-refractivity contribution in [2.45, 2.75) is 51.6 Å². The minimum Gasteiger partial charge on any atom is -0.497 e. The molecule has 1 amide bonds. The summed E-state index contributed by atoms with van der Waals surface area (Å²) in [7, 11) is 1.65. The van der Waals surface area contributed by atoms with Crippen molar-refractivity contribution < 1.29 is 9.53 Å². The van der Waals surface area contributed by atoms with Gasteiger partial charge in [0.15, 0.2) is 0 Å². The van der Waals surface area contributed by atoms with Crippen LogP contribution in [0.2, 0.25) is 0 Å². The van der Waals surface area contributed by atoms with E-state index < -0.39 is 6.04 Å². The Morgan fingerprint density at radius 1 is 1.37 bits per heavy atom. The fraction of sp³-hybridized carbons (Fsp3) is 0.545. The Labute approximate surface area is 181 Å². The zero-order valence-electron chi connectivity index (χ0n) is 17.9. The predicted molar refractivity (Wildman–Crippen MR) is 120 cm³/mol. The molecule has 1 aliphatic heterocycles. The van der Waals surface area contributed by atoms with Crippen LogP contribution in [0.15, 0.2) is 30.1 Å². The standard InChI is InChI=1S/C22H31N5O2S/c1-13(2)20(27(24)12-16(23)14-6-7-14)22(28)26-10-4-5-18(26)21-25-17-11-15(29-3)8-9-19(17)30-21/h8-9,11-14,18,20H,4-7,10,23-24H2,1-3H3/b16-12-. The van der Waals surface area contributed by atoms with Crippen molar-refractivity contribution in [3.05, 3.63) is 35.1 Å². The van der Waals surface area contributed by atoms with E-state index in [9.17, 15) is 4.79 Å². The van der Waals surface area contributed by atoms with Gasteiger partial charge in [0.05, 0.1) is 23.4 Å². The number of benzene rings is 1. The molecule has 30 heavy (non-hydrogen) atoms. The summed E-state index contributed by atoms with van der Waals surface area (Å²) in [5, 5.41) is 2.50. The van der Waals surface area contributed by atoms with Gasteiger partial charge in [-0.05, 0) is 43.7 Å². The van der Waals surface area contributed by atoms with Crippen molar-refractivity contribution in [2.75, 3.05) is 13.7 Å². The number of methoxy groups -OCH3 is 1. The first-order valence-electron chi connectivity index (χ1n) is 10.6. The second kappa shape index (κ2) is 8.43. The third kappa shape index (κ3) is 4.11. The number of aromatic nitrogens is 1. The summed E-state index contributed by atoms with van der Waals surface area (Å²) in [6, 6.07) is 5.46. The van der Waals surface area contributed by atoms with Crippen LogP contribution in [0.25, 0.3) is 10.2 Å². The fourth-order valence-electron chi connectivity index (χ4n) is 4.18. The van der Waals surface area contributed by atoms with E-state index in [1.165, 1.54) is 5.01 Å². The average molecular weight is 430 g/mol. The number of thiazole rings is 1. The second-order valence-corrected chi connectivity index (χ2v) is 9.68. The van der Waals surface area contributed by atoms with Crippen molar-refractivity contribution >= 4 is 27.5 Å². The number of amides is 1. The van der Waals surface area contributed by atoms with Crippen LogP contribution in [0, 0.1) is 11.8 Å². The highest BCUT2D eigenvalue weighted by Gasteiger charge is 2.38. The van der Waals surface area contributed by atoms with Crippen molar-refractivity contribution in [1.29, 1.82) is 0 Å². The lowest BCUT2D eigenvalue weighted by Crippen LogP contribution is -2.52. The fourth-order valence-corrected chi connectivity index (χ4v) is 5.28. The van der Waals surface area contributed by atoms with Gasteiger partial charge in [-0.1, -0.05) is 13.8 Å². The largest absolute Gasteiger partial charge is 0.497 e. The molecule has 2 unspecified atom stereocenters. The SMILES string of the molecule is COc1ccc2sc(C3CCCN3C(=O)C(C(C)C)N(N)/C=C(\N)C3CC3)nc2c1. The zero-order valence-corrected chi connectivity index (χ0v) is 18.7. The van der Waals surface area contributed by atoms with Crippen LogP contribution >= 0.6 is 11.3 Å². The molecule has 1 aromatic carbocycles. The van der Waals surface area contributed by atoms with Crippen LogP contribution < -0.4 is 16.3 Å². The third-order valence-corrected chi connectivity index (χ3v) is 7.12. The van der Waals surface area contributed by atoms with E-state index in [-0.39, 0.29) is 17.9 Å². The number of hydrazine groups is 1. The number of rotatable bonds is 7. The lowest BCUT2D eigenvalue weighted by molar-refractivity contribution is -0.138. The number of fused-ring (bicyclic) bond motifs is 1. The van der Waals surface area contributed by atoms with E-state index >= 15 is 0 Å². The Kier molecular flexibility index (Phi) is 5.88. The first-order valence-corrected chi connectivity index (χ1v) is 11.5. The summed E-state index contributed by atoms with van der Waals surface area (Å²) in [6.07, 6.45) is 5.85. The first-order chi connectivity index (χ1) is 14.4. The third-order valence-electron chi connectivity index (χ3n) is 5.98. The number of allylic oxidation sites excluding steroid dienone is 1. The molecule has 7 nitrogen and oxygen atoms in total. The molecule has 1 aliphatic carbocycles. The van der Waals surface area contributed by atoms with E-state index in [1.54, 1.807) is 24.6 Å². The summed E-state index contributed by atoms with van der Waals surface area (Å²) < 4.78 is 6.42. The van der Waals surface area contributed by atoms with Crippen molar-refractivity contribution in [3.63, 3.8) is 0 Å². The van der Waals surface area contributed by atoms with Gasteiger partial charge in [0.25, 0.3) is 0 Å². The van der Waals surface area contributed by atoms with Gasteiger partial charge in [-0.2, -0.15) is 0 Å². The van der Waals surface area contributed by atoms with Gasteiger partial charge in [0.2, 0.25) is 5.91 Å². The molecule has 1 saturated carbocycles. The highest BCUT2D eigenvalue weighted by Crippen LogP contribution is 2.38. The van der Waals surface area contributed by atoms with Crippen molar-refractivity contribution in [3.8, 4) is 5.75 Å². The molecule has 162 valence electrons. The molecule has 2 fully saturated rings. The summed E-state index contributed by atoms with van der Waals surface area (Å²) in [5.74, 6) is 7.65. The number of hydrogen-bond donors (Lipinski definition) is 2. The minimum atomic E-state index is -0.447. The van der Waals surface area contributed by atoms with Crippen LogP contribution in [0.3, 0.4) is 0 Å². The molecule has 0 spiro atoms. The Morgan fingerprint density at radius 2 is 2.13 bits per heavy atom. The molecule has 2 aliphatic rings.